The monoisotopic (exact) mass is 140 g/mol. The lowest BCUT2D eigenvalue weighted by molar-refractivity contribution is 1.28. The second-order valence-electron chi connectivity index (χ2n) is 2.40. The van der Waals surface area contributed by atoms with Gasteiger partial charge in [-0.3, -0.25) is 0 Å². The van der Waals surface area contributed by atoms with Gasteiger partial charge < -0.3 is 0 Å². The lowest BCUT2D eigenvalue weighted by Gasteiger charge is -1.87. The van der Waals surface area contributed by atoms with Crippen molar-refractivity contribution in [2.24, 2.45) is 0 Å². The summed E-state index contributed by atoms with van der Waals surface area (Å²) in [6.45, 7) is 4.22. The third kappa shape index (κ3) is 2.21. The van der Waals surface area contributed by atoms with E-state index in [1.54, 1.807) is 0 Å². The maximum absolute atomic E-state index is 3.40. The van der Waals surface area contributed by atoms with Crippen molar-refractivity contribution in [3.05, 3.63) is 17.1 Å². The Bertz CT molecular complexity index is 189. The molecule has 9 heavy (non-hydrogen) atoms. The van der Waals surface area contributed by atoms with Crippen LogP contribution in [0.4, 0.5) is 0 Å². The van der Waals surface area contributed by atoms with Gasteiger partial charge in [0.05, 0.1) is 0 Å². The number of rotatable bonds is 0. The van der Waals surface area contributed by atoms with Crippen molar-refractivity contribution >= 4 is 15.5 Å². The first kappa shape index (κ1) is 6.85. The highest BCUT2D eigenvalue weighted by molar-refractivity contribution is 8.17. The first-order chi connectivity index (χ1) is 4.29. The maximum atomic E-state index is 3.40. The molecule has 0 radical (unpaired) electrons. The molecule has 0 aromatic rings. The first-order valence-electron chi connectivity index (χ1n) is 3.22. The molecule has 1 atom stereocenters. The van der Waals surface area contributed by atoms with Gasteiger partial charge in [0.1, 0.15) is 0 Å². The Morgan fingerprint density at radius 1 is 1.56 bits per heavy atom. The molecule has 0 amide bonds. The summed E-state index contributed by atoms with van der Waals surface area (Å²) in [4.78, 5) is 0. The molecule has 1 heteroatoms. The van der Waals surface area contributed by atoms with Crippen molar-refractivity contribution in [3.8, 4) is 0 Å². The van der Waals surface area contributed by atoms with E-state index in [0.717, 1.165) is 0 Å². The van der Waals surface area contributed by atoms with Gasteiger partial charge in [-0.25, -0.2) is 0 Å². The van der Waals surface area contributed by atoms with Crippen LogP contribution in [0.25, 0.3) is 0 Å². The fourth-order valence-corrected chi connectivity index (χ4v) is 2.38. The standard InChI is InChI=1S/C8H12S/c1-8(2)7-9-5-3-4-6-9/h3,5H,4,6H2,1-2H3. The zero-order chi connectivity index (χ0) is 6.69. The highest BCUT2D eigenvalue weighted by Crippen LogP contribution is 2.21. The normalized spacial score (nSPS) is 24.0. The van der Waals surface area contributed by atoms with Gasteiger partial charge in [-0.2, -0.15) is 0 Å². The Hall–Kier alpha value is -0.260. The molecular formula is C8H12S. The van der Waals surface area contributed by atoms with Crippen LogP contribution in [0.2, 0.25) is 0 Å². The fraction of sp³-hybridized carbons (Fsp3) is 0.500. The van der Waals surface area contributed by atoms with E-state index in [-0.39, 0.29) is 0 Å². The lowest BCUT2D eigenvalue weighted by atomic mass is 10.4. The van der Waals surface area contributed by atoms with Gasteiger partial charge in [-0.15, -0.1) is 10.5 Å². The van der Waals surface area contributed by atoms with Gasteiger partial charge in [-0.1, -0.05) is 11.1 Å². The van der Waals surface area contributed by atoms with E-state index in [4.69, 9.17) is 0 Å². The largest absolute Gasteiger partial charge is 0.119 e. The predicted molar refractivity (Wildman–Crippen MR) is 46.1 cm³/mol. The summed E-state index contributed by atoms with van der Waals surface area (Å²) in [5, 5.41) is 5.67. The Kier molecular flexibility index (Phi) is 2.32. The van der Waals surface area contributed by atoms with Gasteiger partial charge in [0, 0.05) is 5.75 Å². The van der Waals surface area contributed by atoms with Gasteiger partial charge in [0.15, 0.2) is 0 Å². The highest BCUT2D eigenvalue weighted by Gasteiger charge is 1.93. The minimum absolute atomic E-state index is 0.375. The Morgan fingerprint density at radius 3 is 2.78 bits per heavy atom. The zero-order valence-corrected chi connectivity index (χ0v) is 6.79. The van der Waals surface area contributed by atoms with E-state index < -0.39 is 0 Å². The van der Waals surface area contributed by atoms with Crippen LogP contribution in [0.15, 0.2) is 17.1 Å². The van der Waals surface area contributed by atoms with Crippen molar-refractivity contribution in [2.75, 3.05) is 5.75 Å². The predicted octanol–water partition coefficient (Wildman–Crippen LogP) is 2.54. The molecule has 0 N–H and O–H groups in total. The molecule has 0 spiro atoms. The zero-order valence-electron chi connectivity index (χ0n) is 5.98. The van der Waals surface area contributed by atoms with Crippen LogP contribution in [0.1, 0.15) is 20.3 Å². The van der Waals surface area contributed by atoms with Crippen LogP contribution >= 0.6 is 10.5 Å². The maximum Gasteiger partial charge on any atom is 0.00260 e. The molecule has 50 valence electrons. The molecule has 1 aliphatic rings. The van der Waals surface area contributed by atoms with E-state index in [2.05, 4.69) is 30.4 Å². The average Bonchev–Trinajstić information content (AvgIpc) is 2.15. The summed E-state index contributed by atoms with van der Waals surface area (Å²) in [7, 11) is 0.375. The quantitative estimate of drug-likeness (QED) is 0.454. The van der Waals surface area contributed by atoms with Gasteiger partial charge in [-0.05, 0) is 31.2 Å². The van der Waals surface area contributed by atoms with E-state index in [0.29, 0.717) is 10.5 Å². The van der Waals surface area contributed by atoms with E-state index >= 15 is 0 Å². The second kappa shape index (κ2) is 3.05. The molecule has 0 aromatic heterocycles. The molecule has 0 nitrogen and oxygen atoms in total. The smallest absolute Gasteiger partial charge is 0.00260 e. The highest BCUT2D eigenvalue weighted by atomic mass is 32.2. The molecule has 0 aliphatic carbocycles. The van der Waals surface area contributed by atoms with Crippen molar-refractivity contribution in [1.29, 1.82) is 0 Å². The summed E-state index contributed by atoms with van der Waals surface area (Å²) >= 11 is 0. The summed E-state index contributed by atoms with van der Waals surface area (Å²) < 4.78 is 0. The third-order valence-corrected chi connectivity index (χ3v) is 2.97. The van der Waals surface area contributed by atoms with Crippen molar-refractivity contribution in [1.82, 2.24) is 0 Å². The van der Waals surface area contributed by atoms with Crippen molar-refractivity contribution < 1.29 is 0 Å². The molecule has 1 aliphatic heterocycles. The van der Waals surface area contributed by atoms with Crippen LogP contribution < -0.4 is 0 Å². The molecule has 1 unspecified atom stereocenters. The summed E-state index contributed by atoms with van der Waals surface area (Å²) in [5.41, 5.74) is 1.32. The van der Waals surface area contributed by atoms with Crippen LogP contribution in [-0.2, 0) is 0 Å². The Balaban J connectivity index is 2.83. The topological polar surface area (TPSA) is 0 Å². The summed E-state index contributed by atoms with van der Waals surface area (Å²) in [5.74, 6) is 1.30. The fourth-order valence-electron chi connectivity index (χ4n) is 0.794. The Labute approximate surface area is 59.2 Å². The van der Waals surface area contributed by atoms with Gasteiger partial charge in [0.2, 0.25) is 0 Å². The summed E-state index contributed by atoms with van der Waals surface area (Å²) in [6.07, 6.45) is 3.50. The van der Waals surface area contributed by atoms with Crippen LogP contribution in [0.3, 0.4) is 0 Å². The first-order valence-corrected chi connectivity index (χ1v) is 4.68. The molecule has 1 heterocycles. The molecule has 0 fully saturated rings. The third-order valence-electron chi connectivity index (χ3n) is 1.10. The van der Waals surface area contributed by atoms with E-state index in [1.807, 2.05) is 0 Å². The number of hydrogen-bond donors (Lipinski definition) is 0. The molecule has 1 rings (SSSR count). The molecule has 0 saturated heterocycles. The van der Waals surface area contributed by atoms with Crippen LogP contribution in [-0.4, -0.2) is 10.8 Å². The van der Waals surface area contributed by atoms with Gasteiger partial charge in [0.25, 0.3) is 0 Å². The average molecular weight is 140 g/mol. The van der Waals surface area contributed by atoms with Gasteiger partial charge >= 0.3 is 0 Å². The van der Waals surface area contributed by atoms with Crippen molar-refractivity contribution in [3.63, 3.8) is 0 Å². The number of hydrogen-bond acceptors (Lipinski definition) is 0. The molecular weight excluding hydrogens is 128 g/mol. The van der Waals surface area contributed by atoms with E-state index in [9.17, 15) is 0 Å². The molecule has 0 saturated carbocycles. The van der Waals surface area contributed by atoms with Crippen LogP contribution in [0, 0.1) is 0 Å². The van der Waals surface area contributed by atoms with E-state index in [1.165, 1.54) is 17.7 Å². The SMILES string of the molecule is CC(C)=C=S1C=CCC1. The minimum Gasteiger partial charge on any atom is -0.119 e. The second-order valence-corrected chi connectivity index (χ2v) is 4.14. The molecule has 0 bridgehead atoms. The Morgan fingerprint density at radius 2 is 2.33 bits per heavy atom. The summed E-state index contributed by atoms with van der Waals surface area (Å²) in [6, 6.07) is 0. The minimum atomic E-state index is 0.375. The molecule has 0 aromatic carbocycles. The van der Waals surface area contributed by atoms with Crippen molar-refractivity contribution in [2.45, 2.75) is 20.3 Å². The van der Waals surface area contributed by atoms with Crippen LogP contribution in [0.5, 0.6) is 0 Å². The number of allylic oxidation sites excluding steroid dienone is 2. The lowest BCUT2D eigenvalue weighted by Crippen LogP contribution is -1.69.